The minimum atomic E-state index is -0.452. The van der Waals surface area contributed by atoms with Crippen LogP contribution in [0.2, 0.25) is 0 Å². The quantitative estimate of drug-likeness (QED) is 0.705. The molecule has 1 aliphatic rings. The predicted octanol–water partition coefficient (Wildman–Crippen LogP) is 2.33. The normalized spacial score (nSPS) is 16.4. The van der Waals surface area contributed by atoms with E-state index in [2.05, 4.69) is 10.6 Å². The highest BCUT2D eigenvalue weighted by atomic mass is 16.3. The Bertz CT molecular complexity index is 560. The van der Waals surface area contributed by atoms with E-state index in [0.29, 0.717) is 12.5 Å². The molecular formula is C18H24N2O3. The van der Waals surface area contributed by atoms with E-state index >= 15 is 0 Å². The standard InChI is InChI=1S/C18H24N2O3/c1-13(21)20-16-9-6-14(7-10-16)8-11-18(23)19-12-17(22)15-4-2-3-5-15/h6-11,15,17,22H,2-5,12H2,1H3,(H,19,23)(H,20,21)/b11-8+. The van der Waals surface area contributed by atoms with Crippen molar-refractivity contribution in [2.24, 2.45) is 5.92 Å². The molecule has 1 aliphatic carbocycles. The van der Waals surface area contributed by atoms with E-state index in [1.807, 2.05) is 12.1 Å². The summed E-state index contributed by atoms with van der Waals surface area (Å²) in [6, 6.07) is 7.20. The number of rotatable bonds is 6. The third-order valence-corrected chi connectivity index (χ3v) is 4.09. The van der Waals surface area contributed by atoms with Crippen LogP contribution in [-0.4, -0.2) is 29.6 Å². The summed E-state index contributed by atoms with van der Waals surface area (Å²) in [5.74, 6) is -0.0120. The molecule has 124 valence electrons. The Balaban J connectivity index is 1.77. The first kappa shape index (κ1) is 17.2. The first-order valence-electron chi connectivity index (χ1n) is 8.06. The fraction of sp³-hybridized carbons (Fsp3) is 0.444. The van der Waals surface area contributed by atoms with Gasteiger partial charge in [0.25, 0.3) is 0 Å². The molecule has 23 heavy (non-hydrogen) atoms. The summed E-state index contributed by atoms with van der Waals surface area (Å²) in [4.78, 5) is 22.7. The molecule has 1 fully saturated rings. The first-order chi connectivity index (χ1) is 11.0. The van der Waals surface area contributed by atoms with Crippen LogP contribution in [0, 0.1) is 5.92 Å². The van der Waals surface area contributed by atoms with Crippen LogP contribution in [-0.2, 0) is 9.59 Å². The largest absolute Gasteiger partial charge is 0.391 e. The van der Waals surface area contributed by atoms with Gasteiger partial charge in [0, 0.05) is 25.2 Å². The van der Waals surface area contributed by atoms with Crippen molar-refractivity contribution < 1.29 is 14.7 Å². The maximum Gasteiger partial charge on any atom is 0.244 e. The molecule has 3 N–H and O–H groups in total. The van der Waals surface area contributed by atoms with Crippen molar-refractivity contribution in [1.82, 2.24) is 5.32 Å². The van der Waals surface area contributed by atoms with Crippen molar-refractivity contribution in [2.45, 2.75) is 38.7 Å². The highest BCUT2D eigenvalue weighted by Gasteiger charge is 2.22. The summed E-state index contributed by atoms with van der Waals surface area (Å²) in [7, 11) is 0. The van der Waals surface area contributed by atoms with Crippen LogP contribution < -0.4 is 10.6 Å². The van der Waals surface area contributed by atoms with E-state index in [0.717, 1.165) is 24.1 Å². The smallest absolute Gasteiger partial charge is 0.244 e. The van der Waals surface area contributed by atoms with E-state index in [9.17, 15) is 14.7 Å². The number of hydrogen-bond donors (Lipinski definition) is 3. The maximum absolute atomic E-state index is 11.8. The highest BCUT2D eigenvalue weighted by molar-refractivity contribution is 5.92. The maximum atomic E-state index is 11.8. The van der Waals surface area contributed by atoms with Crippen LogP contribution in [0.15, 0.2) is 30.3 Å². The highest BCUT2D eigenvalue weighted by Crippen LogP contribution is 2.27. The summed E-state index contributed by atoms with van der Waals surface area (Å²) in [6.07, 6.45) is 7.14. The second kappa shape index (κ2) is 8.48. The van der Waals surface area contributed by atoms with Gasteiger partial charge in [0.15, 0.2) is 0 Å². The van der Waals surface area contributed by atoms with Crippen molar-refractivity contribution >= 4 is 23.6 Å². The van der Waals surface area contributed by atoms with E-state index in [1.165, 1.54) is 25.8 Å². The number of carbonyl (C=O) groups excluding carboxylic acids is 2. The molecule has 0 aromatic heterocycles. The summed E-state index contributed by atoms with van der Waals surface area (Å²) in [5.41, 5.74) is 1.59. The minimum absolute atomic E-state index is 0.117. The molecule has 0 bridgehead atoms. The van der Waals surface area contributed by atoms with Gasteiger partial charge in [-0.3, -0.25) is 9.59 Å². The Hall–Kier alpha value is -2.14. The van der Waals surface area contributed by atoms with Gasteiger partial charge in [-0.15, -0.1) is 0 Å². The average Bonchev–Trinajstić information content (AvgIpc) is 3.06. The zero-order valence-electron chi connectivity index (χ0n) is 13.4. The zero-order valence-corrected chi connectivity index (χ0v) is 13.4. The molecule has 2 rings (SSSR count). The van der Waals surface area contributed by atoms with Gasteiger partial charge in [-0.05, 0) is 42.5 Å². The monoisotopic (exact) mass is 316 g/mol. The van der Waals surface area contributed by atoms with Crippen LogP contribution >= 0.6 is 0 Å². The molecule has 2 amide bonds. The van der Waals surface area contributed by atoms with Crippen molar-refractivity contribution in [3.05, 3.63) is 35.9 Å². The van der Waals surface area contributed by atoms with E-state index < -0.39 is 6.10 Å². The van der Waals surface area contributed by atoms with Crippen molar-refractivity contribution in [3.63, 3.8) is 0 Å². The van der Waals surface area contributed by atoms with Gasteiger partial charge in [-0.2, -0.15) is 0 Å². The lowest BCUT2D eigenvalue weighted by atomic mass is 10.0. The average molecular weight is 316 g/mol. The van der Waals surface area contributed by atoms with Crippen molar-refractivity contribution in [1.29, 1.82) is 0 Å². The summed E-state index contributed by atoms with van der Waals surface area (Å²) in [5, 5.41) is 15.4. The fourth-order valence-corrected chi connectivity index (χ4v) is 2.83. The Kier molecular flexibility index (Phi) is 6.35. The molecule has 1 atom stereocenters. The predicted molar refractivity (Wildman–Crippen MR) is 90.8 cm³/mol. The molecule has 0 radical (unpaired) electrons. The molecule has 0 heterocycles. The first-order valence-corrected chi connectivity index (χ1v) is 8.06. The minimum Gasteiger partial charge on any atom is -0.391 e. The molecule has 1 unspecified atom stereocenters. The van der Waals surface area contributed by atoms with Crippen molar-refractivity contribution in [2.75, 3.05) is 11.9 Å². The van der Waals surface area contributed by atoms with Gasteiger partial charge in [-0.1, -0.05) is 25.0 Å². The third kappa shape index (κ3) is 5.87. The number of benzene rings is 1. The molecule has 1 aromatic rings. The Morgan fingerprint density at radius 3 is 2.52 bits per heavy atom. The van der Waals surface area contributed by atoms with E-state index in [-0.39, 0.29) is 11.8 Å². The molecule has 5 nitrogen and oxygen atoms in total. The van der Waals surface area contributed by atoms with Crippen LogP contribution in [0.25, 0.3) is 6.08 Å². The summed E-state index contributed by atoms with van der Waals surface area (Å²) in [6.45, 7) is 1.76. The lowest BCUT2D eigenvalue weighted by Crippen LogP contribution is -2.34. The lowest BCUT2D eigenvalue weighted by molar-refractivity contribution is -0.117. The number of nitrogens with one attached hydrogen (secondary N) is 2. The van der Waals surface area contributed by atoms with Gasteiger partial charge < -0.3 is 15.7 Å². The van der Waals surface area contributed by atoms with Gasteiger partial charge in [0.2, 0.25) is 11.8 Å². The van der Waals surface area contributed by atoms with Crippen LogP contribution in [0.1, 0.15) is 38.2 Å². The number of amides is 2. The van der Waals surface area contributed by atoms with Gasteiger partial charge >= 0.3 is 0 Å². The van der Waals surface area contributed by atoms with Crippen LogP contribution in [0.4, 0.5) is 5.69 Å². The van der Waals surface area contributed by atoms with Crippen molar-refractivity contribution in [3.8, 4) is 0 Å². The number of hydrogen-bond acceptors (Lipinski definition) is 3. The van der Waals surface area contributed by atoms with Gasteiger partial charge in [0.05, 0.1) is 6.10 Å². The molecule has 1 saturated carbocycles. The Morgan fingerprint density at radius 1 is 1.26 bits per heavy atom. The number of aliphatic hydroxyl groups excluding tert-OH is 1. The second-order valence-corrected chi connectivity index (χ2v) is 5.99. The lowest BCUT2D eigenvalue weighted by Gasteiger charge is -2.17. The van der Waals surface area contributed by atoms with Crippen LogP contribution in [0.3, 0.4) is 0 Å². The summed E-state index contributed by atoms with van der Waals surface area (Å²) >= 11 is 0. The summed E-state index contributed by atoms with van der Waals surface area (Å²) < 4.78 is 0. The SMILES string of the molecule is CC(=O)Nc1ccc(/C=C/C(=O)NCC(O)C2CCCC2)cc1. The Labute approximate surface area is 136 Å². The Morgan fingerprint density at radius 2 is 1.91 bits per heavy atom. The third-order valence-electron chi connectivity index (χ3n) is 4.09. The van der Waals surface area contributed by atoms with E-state index in [4.69, 9.17) is 0 Å². The molecular weight excluding hydrogens is 292 g/mol. The number of anilines is 1. The molecule has 0 spiro atoms. The van der Waals surface area contributed by atoms with E-state index in [1.54, 1.807) is 18.2 Å². The molecule has 1 aromatic carbocycles. The molecule has 0 saturated heterocycles. The van der Waals surface area contributed by atoms with Gasteiger partial charge in [-0.25, -0.2) is 0 Å². The number of carbonyl (C=O) groups is 2. The molecule has 5 heteroatoms. The second-order valence-electron chi connectivity index (χ2n) is 5.99. The zero-order chi connectivity index (χ0) is 16.7. The topological polar surface area (TPSA) is 78.4 Å². The van der Waals surface area contributed by atoms with Gasteiger partial charge in [0.1, 0.15) is 0 Å². The molecule has 0 aliphatic heterocycles. The number of aliphatic hydroxyl groups is 1. The fourth-order valence-electron chi connectivity index (χ4n) is 2.83. The van der Waals surface area contributed by atoms with Crippen LogP contribution in [0.5, 0.6) is 0 Å².